The lowest BCUT2D eigenvalue weighted by Gasteiger charge is -2.18. The zero-order valence-electron chi connectivity index (χ0n) is 6.27. The van der Waals surface area contributed by atoms with Gasteiger partial charge in [0.25, 0.3) is 0 Å². The Hall–Kier alpha value is -0.0000000000000000555. The summed E-state index contributed by atoms with van der Waals surface area (Å²) in [5, 5.41) is 11.2. The standard InChI is InChI=1S/C6H10F3NO.ClH/c7-6(8,9)5-2-10-1-4(5)3-11;/h4-5,10-11H,1-3H2;1H/t4-,5+;/m0./s1. The fraction of sp³-hybridized carbons (Fsp3) is 1.00. The van der Waals surface area contributed by atoms with Gasteiger partial charge in [-0.15, -0.1) is 12.4 Å². The first-order chi connectivity index (χ1) is 5.05. The molecule has 12 heavy (non-hydrogen) atoms. The molecular weight excluding hydrogens is 195 g/mol. The summed E-state index contributed by atoms with van der Waals surface area (Å²) in [4.78, 5) is 0. The first kappa shape index (κ1) is 12.0. The molecule has 0 spiro atoms. The van der Waals surface area contributed by atoms with Gasteiger partial charge in [0.05, 0.1) is 5.92 Å². The normalized spacial score (nSPS) is 30.0. The SMILES string of the molecule is Cl.OC[C@@H]1CNC[C@H]1C(F)(F)F. The van der Waals surface area contributed by atoms with Gasteiger partial charge in [-0.2, -0.15) is 13.2 Å². The summed E-state index contributed by atoms with van der Waals surface area (Å²) in [6, 6.07) is 0. The lowest BCUT2D eigenvalue weighted by Crippen LogP contribution is -2.31. The number of hydrogen-bond acceptors (Lipinski definition) is 2. The summed E-state index contributed by atoms with van der Waals surface area (Å²) in [6.45, 7) is -0.188. The predicted octanol–water partition coefficient (Wildman–Crippen LogP) is 0.798. The Balaban J connectivity index is 0.00000121. The highest BCUT2D eigenvalue weighted by atomic mass is 35.5. The number of aliphatic hydroxyl groups excluding tert-OH is 1. The maximum atomic E-state index is 12.0. The molecule has 0 amide bonds. The van der Waals surface area contributed by atoms with Crippen molar-refractivity contribution in [2.45, 2.75) is 6.18 Å². The molecule has 1 rings (SSSR count). The Kier molecular flexibility index (Phi) is 4.30. The molecule has 0 radical (unpaired) electrons. The highest BCUT2D eigenvalue weighted by Gasteiger charge is 2.46. The maximum absolute atomic E-state index is 12.0. The third-order valence-corrected chi connectivity index (χ3v) is 1.99. The van der Waals surface area contributed by atoms with Gasteiger partial charge >= 0.3 is 6.18 Å². The van der Waals surface area contributed by atoms with Crippen molar-refractivity contribution < 1.29 is 18.3 Å². The summed E-state index contributed by atoms with van der Waals surface area (Å²) < 4.78 is 36.1. The Morgan fingerprint density at radius 2 is 1.92 bits per heavy atom. The molecule has 1 fully saturated rings. The number of aliphatic hydroxyl groups is 1. The van der Waals surface area contributed by atoms with Crippen LogP contribution in [-0.2, 0) is 0 Å². The van der Waals surface area contributed by atoms with Crippen molar-refractivity contribution in [1.29, 1.82) is 0 Å². The lowest BCUT2D eigenvalue weighted by atomic mass is 9.97. The first-order valence-electron chi connectivity index (χ1n) is 3.44. The van der Waals surface area contributed by atoms with Gasteiger partial charge in [-0.1, -0.05) is 0 Å². The highest BCUT2D eigenvalue weighted by Crippen LogP contribution is 2.33. The van der Waals surface area contributed by atoms with E-state index >= 15 is 0 Å². The second-order valence-electron chi connectivity index (χ2n) is 2.75. The minimum absolute atomic E-state index is 0. The molecule has 1 saturated heterocycles. The predicted molar refractivity (Wildman–Crippen MR) is 40.2 cm³/mol. The Bertz CT molecular complexity index is 141. The van der Waals surface area contributed by atoms with Crippen LogP contribution in [0.2, 0.25) is 0 Å². The average molecular weight is 206 g/mol. The van der Waals surface area contributed by atoms with Gasteiger partial charge in [0.2, 0.25) is 0 Å². The van der Waals surface area contributed by atoms with Gasteiger partial charge in [0, 0.05) is 25.6 Å². The number of nitrogens with one attached hydrogen (secondary N) is 1. The van der Waals surface area contributed by atoms with Crippen molar-refractivity contribution in [3.63, 3.8) is 0 Å². The van der Waals surface area contributed by atoms with Crippen molar-refractivity contribution in [3.05, 3.63) is 0 Å². The van der Waals surface area contributed by atoms with Crippen LogP contribution in [0, 0.1) is 11.8 Å². The molecule has 6 heteroatoms. The molecule has 0 aliphatic carbocycles. The van der Waals surface area contributed by atoms with Crippen LogP contribution < -0.4 is 5.32 Å². The van der Waals surface area contributed by atoms with E-state index in [0.717, 1.165) is 0 Å². The van der Waals surface area contributed by atoms with Gasteiger partial charge in [0.15, 0.2) is 0 Å². The molecule has 2 atom stereocenters. The molecule has 2 nitrogen and oxygen atoms in total. The van der Waals surface area contributed by atoms with Crippen molar-refractivity contribution in [2.24, 2.45) is 11.8 Å². The Morgan fingerprint density at radius 3 is 2.25 bits per heavy atom. The minimum atomic E-state index is -4.17. The molecule has 1 aliphatic rings. The van der Waals surface area contributed by atoms with Gasteiger partial charge < -0.3 is 10.4 Å². The quantitative estimate of drug-likeness (QED) is 0.664. The second kappa shape index (κ2) is 4.30. The molecule has 0 saturated carbocycles. The molecule has 0 aromatic heterocycles. The van der Waals surface area contributed by atoms with Crippen LogP contribution in [0.4, 0.5) is 13.2 Å². The van der Waals surface area contributed by atoms with Gasteiger partial charge in [0.1, 0.15) is 0 Å². The summed E-state index contributed by atoms with van der Waals surface area (Å²) in [5.41, 5.74) is 0. The molecule has 1 aliphatic heterocycles. The van der Waals surface area contributed by atoms with Crippen LogP contribution in [0.1, 0.15) is 0 Å². The highest BCUT2D eigenvalue weighted by molar-refractivity contribution is 5.85. The third kappa shape index (κ3) is 2.50. The van der Waals surface area contributed by atoms with Crippen molar-refractivity contribution in [3.8, 4) is 0 Å². The maximum Gasteiger partial charge on any atom is 0.393 e. The molecule has 0 aromatic rings. The van der Waals surface area contributed by atoms with Crippen LogP contribution in [0.5, 0.6) is 0 Å². The second-order valence-corrected chi connectivity index (χ2v) is 2.75. The third-order valence-electron chi connectivity index (χ3n) is 1.99. The van der Waals surface area contributed by atoms with E-state index in [4.69, 9.17) is 5.11 Å². The van der Waals surface area contributed by atoms with E-state index in [1.807, 2.05) is 0 Å². The van der Waals surface area contributed by atoms with Crippen molar-refractivity contribution in [2.75, 3.05) is 19.7 Å². The number of halogens is 4. The topological polar surface area (TPSA) is 32.3 Å². The van der Waals surface area contributed by atoms with E-state index in [-0.39, 0.29) is 25.5 Å². The summed E-state index contributed by atoms with van der Waals surface area (Å²) in [5.74, 6) is -2.03. The van der Waals surface area contributed by atoms with Crippen LogP contribution in [0.25, 0.3) is 0 Å². The summed E-state index contributed by atoms with van der Waals surface area (Å²) in [7, 11) is 0. The largest absolute Gasteiger partial charge is 0.396 e. The summed E-state index contributed by atoms with van der Waals surface area (Å²) >= 11 is 0. The summed E-state index contributed by atoms with van der Waals surface area (Å²) in [6.07, 6.45) is -4.17. The van der Waals surface area contributed by atoms with E-state index in [9.17, 15) is 13.2 Å². The molecule has 0 aromatic carbocycles. The molecule has 74 valence electrons. The van der Waals surface area contributed by atoms with Crippen LogP contribution in [-0.4, -0.2) is 31.0 Å². The zero-order chi connectivity index (χ0) is 8.48. The Labute approximate surface area is 74.6 Å². The number of rotatable bonds is 1. The van der Waals surface area contributed by atoms with Gasteiger partial charge in [-0.05, 0) is 0 Å². The van der Waals surface area contributed by atoms with Gasteiger partial charge in [-0.3, -0.25) is 0 Å². The van der Waals surface area contributed by atoms with Gasteiger partial charge in [-0.25, -0.2) is 0 Å². The molecule has 1 heterocycles. The zero-order valence-corrected chi connectivity index (χ0v) is 7.08. The van der Waals surface area contributed by atoms with E-state index in [0.29, 0.717) is 0 Å². The van der Waals surface area contributed by atoms with Crippen molar-refractivity contribution >= 4 is 12.4 Å². The lowest BCUT2D eigenvalue weighted by molar-refractivity contribution is -0.181. The first-order valence-corrected chi connectivity index (χ1v) is 3.44. The molecular formula is C6H11ClF3NO. The van der Waals surface area contributed by atoms with E-state index in [1.54, 1.807) is 0 Å². The fourth-order valence-corrected chi connectivity index (χ4v) is 1.31. The van der Waals surface area contributed by atoms with E-state index < -0.39 is 24.6 Å². The fourth-order valence-electron chi connectivity index (χ4n) is 1.31. The van der Waals surface area contributed by atoms with Crippen molar-refractivity contribution in [1.82, 2.24) is 5.32 Å². The smallest absolute Gasteiger partial charge is 0.393 e. The molecule has 0 bridgehead atoms. The average Bonchev–Trinajstić information content (AvgIpc) is 2.31. The number of hydrogen-bond donors (Lipinski definition) is 2. The molecule has 0 unspecified atom stereocenters. The van der Waals surface area contributed by atoms with E-state index in [1.165, 1.54) is 0 Å². The van der Waals surface area contributed by atoms with Crippen LogP contribution in [0.3, 0.4) is 0 Å². The van der Waals surface area contributed by atoms with Crippen LogP contribution >= 0.6 is 12.4 Å². The monoisotopic (exact) mass is 205 g/mol. The molecule has 2 N–H and O–H groups in total. The van der Waals surface area contributed by atoms with Crippen LogP contribution in [0.15, 0.2) is 0 Å². The van der Waals surface area contributed by atoms with E-state index in [2.05, 4.69) is 5.32 Å². The number of alkyl halides is 3. The minimum Gasteiger partial charge on any atom is -0.396 e. The Morgan fingerprint density at radius 1 is 1.33 bits per heavy atom.